The minimum Gasteiger partial charge on any atom is -0.493 e. The fourth-order valence-corrected chi connectivity index (χ4v) is 2.10. The van der Waals surface area contributed by atoms with Crippen molar-refractivity contribution < 1.29 is 14.3 Å². The molecule has 5 nitrogen and oxygen atoms in total. The number of carbonyl (C=O) groups is 1. The highest BCUT2D eigenvalue weighted by Gasteiger charge is 2.17. The Morgan fingerprint density at radius 2 is 2.00 bits per heavy atom. The molecule has 0 fully saturated rings. The van der Waals surface area contributed by atoms with E-state index < -0.39 is 5.60 Å². The van der Waals surface area contributed by atoms with Gasteiger partial charge in [-0.15, -0.1) is 0 Å². The molecule has 0 saturated carbocycles. The molecule has 0 bridgehead atoms. The number of carbonyl (C=O) groups excluding carboxylic acids is 1. The molecule has 128 valence electrons. The van der Waals surface area contributed by atoms with Gasteiger partial charge in [0.1, 0.15) is 17.9 Å². The largest absolute Gasteiger partial charge is 0.493 e. The van der Waals surface area contributed by atoms with Crippen molar-refractivity contribution in [2.75, 3.05) is 6.61 Å². The van der Waals surface area contributed by atoms with Gasteiger partial charge < -0.3 is 9.47 Å². The van der Waals surface area contributed by atoms with E-state index in [1.807, 2.05) is 39.0 Å². The summed E-state index contributed by atoms with van der Waals surface area (Å²) in [5, 5.41) is 2.91. The molecule has 0 unspecified atom stereocenters. The Hall–Kier alpha value is -1.91. The molecule has 23 heavy (non-hydrogen) atoms. The van der Waals surface area contributed by atoms with Crippen molar-refractivity contribution in [3.63, 3.8) is 0 Å². The summed E-state index contributed by atoms with van der Waals surface area (Å²) in [6, 6.07) is 5.56. The van der Waals surface area contributed by atoms with Crippen LogP contribution in [0.3, 0.4) is 0 Å². The molecule has 0 heterocycles. The second-order valence-electron chi connectivity index (χ2n) is 6.52. The van der Waals surface area contributed by atoms with E-state index in [0.717, 1.165) is 29.7 Å². The van der Waals surface area contributed by atoms with E-state index in [9.17, 15) is 9.70 Å². The van der Waals surface area contributed by atoms with Gasteiger partial charge >= 0.3 is 5.97 Å². The van der Waals surface area contributed by atoms with Crippen molar-refractivity contribution >= 4 is 5.97 Å². The second kappa shape index (κ2) is 9.28. The average molecular weight is 321 g/mol. The molecule has 0 aliphatic heterocycles. The zero-order chi connectivity index (χ0) is 17.3. The molecule has 0 aromatic heterocycles. The molecule has 0 radical (unpaired) electrons. The summed E-state index contributed by atoms with van der Waals surface area (Å²) in [7, 11) is 0. The fourth-order valence-electron chi connectivity index (χ4n) is 2.10. The number of rotatable bonds is 9. The van der Waals surface area contributed by atoms with E-state index >= 15 is 0 Å². The molecule has 0 aliphatic rings. The minimum atomic E-state index is -0.485. The first-order valence-corrected chi connectivity index (χ1v) is 8.11. The van der Waals surface area contributed by atoms with Gasteiger partial charge in [-0.05, 0) is 50.8 Å². The molecule has 0 spiro atoms. The Bertz CT molecular complexity index is 520. The van der Waals surface area contributed by atoms with Crippen LogP contribution < -0.4 is 4.74 Å². The van der Waals surface area contributed by atoms with E-state index in [0.29, 0.717) is 13.0 Å². The number of ether oxygens (including phenoxy) is 2. The van der Waals surface area contributed by atoms with Gasteiger partial charge in [-0.3, -0.25) is 4.79 Å². The lowest BCUT2D eigenvalue weighted by atomic mass is 10.0. The van der Waals surface area contributed by atoms with Gasteiger partial charge in [-0.25, -0.2) is 0 Å². The number of aryl methyl sites for hydroxylation is 1. The molecular weight excluding hydrogens is 294 g/mol. The van der Waals surface area contributed by atoms with E-state index in [1.54, 1.807) is 0 Å². The van der Waals surface area contributed by atoms with Gasteiger partial charge in [-0.2, -0.15) is 4.91 Å². The van der Waals surface area contributed by atoms with Gasteiger partial charge in [0.25, 0.3) is 0 Å². The average Bonchev–Trinajstić information content (AvgIpc) is 2.45. The summed E-state index contributed by atoms with van der Waals surface area (Å²) in [5.41, 5.74) is 1.25. The predicted molar refractivity (Wildman–Crippen MR) is 90.5 cm³/mol. The summed E-state index contributed by atoms with van der Waals surface area (Å²) in [6.07, 6.45) is 2.83. The second-order valence-corrected chi connectivity index (χ2v) is 6.52. The highest BCUT2D eigenvalue weighted by molar-refractivity contribution is 5.70. The van der Waals surface area contributed by atoms with Gasteiger partial charge in [0.15, 0.2) is 0 Å². The monoisotopic (exact) mass is 321 g/mol. The van der Waals surface area contributed by atoms with Crippen molar-refractivity contribution in [2.45, 2.75) is 65.5 Å². The zero-order valence-corrected chi connectivity index (χ0v) is 14.6. The van der Waals surface area contributed by atoms with Crippen LogP contribution in [0.15, 0.2) is 23.4 Å². The molecule has 1 rings (SSSR count). The van der Waals surface area contributed by atoms with Crippen molar-refractivity contribution in [3.8, 4) is 5.75 Å². The highest BCUT2D eigenvalue weighted by Crippen LogP contribution is 2.23. The molecule has 0 aliphatic carbocycles. The van der Waals surface area contributed by atoms with E-state index in [1.165, 1.54) is 0 Å². The quantitative estimate of drug-likeness (QED) is 0.384. The molecule has 0 N–H and O–H groups in total. The number of hydrogen-bond acceptors (Lipinski definition) is 5. The number of nitrogens with zero attached hydrogens (tertiary/aromatic N) is 1. The van der Waals surface area contributed by atoms with E-state index in [-0.39, 0.29) is 18.9 Å². The number of benzene rings is 1. The van der Waals surface area contributed by atoms with Gasteiger partial charge in [0, 0.05) is 6.42 Å². The SMILES string of the molecule is CCCCOc1ccc(CN=O)cc1CCC(=O)OC(C)(C)C. The summed E-state index contributed by atoms with van der Waals surface area (Å²) in [6.45, 7) is 8.41. The Morgan fingerprint density at radius 3 is 2.61 bits per heavy atom. The first-order valence-electron chi connectivity index (χ1n) is 8.11. The number of unbranched alkanes of at least 4 members (excludes halogenated alkanes) is 1. The fraction of sp³-hybridized carbons (Fsp3) is 0.611. The first-order chi connectivity index (χ1) is 10.9. The lowest BCUT2D eigenvalue weighted by molar-refractivity contribution is -0.154. The summed E-state index contributed by atoms with van der Waals surface area (Å²) in [5.74, 6) is 0.521. The van der Waals surface area contributed by atoms with Gasteiger partial charge in [0.2, 0.25) is 0 Å². The Labute approximate surface area is 138 Å². The molecule has 1 aromatic rings. The van der Waals surface area contributed by atoms with Crippen molar-refractivity contribution in [3.05, 3.63) is 34.2 Å². The van der Waals surface area contributed by atoms with Crippen LogP contribution in [0.5, 0.6) is 5.75 Å². The predicted octanol–water partition coefficient (Wildman–Crippen LogP) is 4.41. The van der Waals surface area contributed by atoms with Crippen LogP contribution in [0.25, 0.3) is 0 Å². The molecular formula is C18H27NO4. The number of hydrogen-bond donors (Lipinski definition) is 0. The van der Waals surface area contributed by atoms with Crippen LogP contribution in [0.1, 0.15) is 58.1 Å². The first kappa shape index (κ1) is 19.1. The third kappa shape index (κ3) is 7.77. The normalized spacial score (nSPS) is 11.1. The highest BCUT2D eigenvalue weighted by atomic mass is 16.6. The number of nitroso groups, excluding NO2 is 1. The molecule has 0 saturated heterocycles. The van der Waals surface area contributed by atoms with Crippen LogP contribution in [0, 0.1) is 4.91 Å². The topological polar surface area (TPSA) is 65.0 Å². The summed E-state index contributed by atoms with van der Waals surface area (Å²) in [4.78, 5) is 22.3. The Kier molecular flexibility index (Phi) is 7.72. The van der Waals surface area contributed by atoms with Crippen LogP contribution in [0.2, 0.25) is 0 Å². The van der Waals surface area contributed by atoms with Crippen molar-refractivity contribution in [1.29, 1.82) is 0 Å². The minimum absolute atomic E-state index is 0.120. The standard InChI is InChI=1S/C18H27NO4/c1-5-6-11-22-16-9-7-14(13-19-21)12-15(16)8-10-17(20)23-18(2,3)4/h7,9,12H,5-6,8,10-11,13H2,1-4H3. The van der Waals surface area contributed by atoms with Crippen LogP contribution in [-0.2, 0) is 22.5 Å². The maximum absolute atomic E-state index is 11.9. The summed E-state index contributed by atoms with van der Waals surface area (Å²) >= 11 is 0. The third-order valence-corrected chi connectivity index (χ3v) is 3.15. The van der Waals surface area contributed by atoms with Crippen molar-refractivity contribution in [1.82, 2.24) is 0 Å². The van der Waals surface area contributed by atoms with E-state index in [4.69, 9.17) is 9.47 Å². The Morgan fingerprint density at radius 1 is 1.26 bits per heavy atom. The van der Waals surface area contributed by atoms with Crippen LogP contribution in [0.4, 0.5) is 0 Å². The number of esters is 1. The molecule has 1 aromatic carbocycles. The van der Waals surface area contributed by atoms with E-state index in [2.05, 4.69) is 12.1 Å². The van der Waals surface area contributed by atoms with Crippen LogP contribution >= 0.6 is 0 Å². The smallest absolute Gasteiger partial charge is 0.306 e. The third-order valence-electron chi connectivity index (χ3n) is 3.15. The summed E-state index contributed by atoms with van der Waals surface area (Å²) < 4.78 is 11.1. The maximum atomic E-state index is 11.9. The molecule has 0 atom stereocenters. The lowest BCUT2D eigenvalue weighted by Gasteiger charge is -2.19. The lowest BCUT2D eigenvalue weighted by Crippen LogP contribution is -2.24. The Balaban J connectivity index is 2.76. The molecule has 0 amide bonds. The molecule has 5 heteroatoms. The van der Waals surface area contributed by atoms with Gasteiger partial charge in [-0.1, -0.05) is 30.7 Å². The van der Waals surface area contributed by atoms with Gasteiger partial charge in [0.05, 0.1) is 6.61 Å². The van der Waals surface area contributed by atoms with Crippen LogP contribution in [-0.4, -0.2) is 18.2 Å². The zero-order valence-electron chi connectivity index (χ0n) is 14.6. The maximum Gasteiger partial charge on any atom is 0.306 e. The van der Waals surface area contributed by atoms with Crippen molar-refractivity contribution in [2.24, 2.45) is 5.18 Å².